The maximum atomic E-state index is 13.4. The molecular weight excluding hydrogens is 600 g/mol. The zero-order chi connectivity index (χ0) is 31.9. The number of likely N-dealkylation sites (tertiary alicyclic amines) is 1. The van der Waals surface area contributed by atoms with E-state index < -0.39 is 23.7 Å². The van der Waals surface area contributed by atoms with E-state index in [4.69, 9.17) is 10.2 Å². The first-order valence-corrected chi connectivity index (χ1v) is 14.7. The summed E-state index contributed by atoms with van der Waals surface area (Å²) in [5, 5.41) is 15.6. The number of halogens is 4. The van der Waals surface area contributed by atoms with Crippen LogP contribution in [0.4, 0.5) is 28.9 Å². The molecule has 0 spiro atoms. The van der Waals surface area contributed by atoms with Crippen LogP contribution in [-0.2, 0) is 15.8 Å². The van der Waals surface area contributed by atoms with Gasteiger partial charge < -0.3 is 20.0 Å². The number of rotatable bonds is 8. The van der Waals surface area contributed by atoms with Crippen LogP contribution in [0.1, 0.15) is 35.2 Å². The summed E-state index contributed by atoms with van der Waals surface area (Å²) in [7, 11) is 0. The number of nitrogens with zero attached hydrogens (tertiary/aromatic N) is 2. The van der Waals surface area contributed by atoms with Crippen LogP contribution in [-0.4, -0.2) is 59.0 Å². The van der Waals surface area contributed by atoms with Gasteiger partial charge in [0.2, 0.25) is 0 Å². The highest BCUT2D eigenvalue weighted by Gasteiger charge is 2.33. The molecule has 5 rings (SSSR count). The molecule has 0 amide bonds. The topological polar surface area (TPSA) is 98.1 Å². The third-order valence-electron chi connectivity index (χ3n) is 7.26. The Morgan fingerprint density at radius 1 is 0.841 bits per heavy atom. The second-order valence-corrected chi connectivity index (χ2v) is 11.3. The minimum atomic E-state index is -4.39. The SMILES string of the molecule is O=C(O)C=CC(=O)O.O=C(c1ccc(F)cc1)C1CCN(CCCN2c3ccccc3Sc3ccc(C(F)(F)F)cc32)CC1. The second kappa shape index (κ2) is 14.5. The summed E-state index contributed by atoms with van der Waals surface area (Å²) >= 11 is 1.50. The van der Waals surface area contributed by atoms with Crippen molar-refractivity contribution in [3.8, 4) is 0 Å². The highest BCUT2D eigenvalue weighted by molar-refractivity contribution is 7.99. The fourth-order valence-corrected chi connectivity index (χ4v) is 6.19. The second-order valence-electron chi connectivity index (χ2n) is 10.3. The quantitative estimate of drug-likeness (QED) is 0.154. The fraction of sp³-hybridized carbons (Fsp3) is 0.281. The number of para-hydroxylation sites is 1. The molecule has 12 heteroatoms. The number of Topliss-reactive ketones (excluding diaryl/α,β-unsaturated/α-hetero) is 1. The van der Waals surface area contributed by atoms with Crippen molar-refractivity contribution in [1.29, 1.82) is 0 Å². The number of piperidine rings is 1. The van der Waals surface area contributed by atoms with Gasteiger partial charge in [-0.2, -0.15) is 13.2 Å². The van der Waals surface area contributed by atoms with Gasteiger partial charge in [-0.1, -0.05) is 23.9 Å². The van der Waals surface area contributed by atoms with E-state index >= 15 is 0 Å². The predicted molar refractivity (Wildman–Crippen MR) is 158 cm³/mol. The average molecular weight is 631 g/mol. The first kappa shape index (κ1) is 32.7. The molecule has 2 N–H and O–H groups in total. The number of hydrogen-bond acceptors (Lipinski definition) is 6. The van der Waals surface area contributed by atoms with Gasteiger partial charge in [0.15, 0.2) is 5.78 Å². The number of carboxylic acid groups (broad SMARTS) is 2. The molecule has 2 heterocycles. The molecule has 0 atom stereocenters. The molecule has 0 radical (unpaired) electrons. The van der Waals surface area contributed by atoms with Crippen molar-refractivity contribution in [2.24, 2.45) is 5.92 Å². The standard InChI is InChI=1S/C28H26F4N2OS.C4H4O4/c29-22-9-6-19(7-10-22)27(35)20-12-16-33(17-13-20)14-3-15-34-23-4-1-2-5-25(23)36-26-11-8-21(18-24(26)34)28(30,31)32;5-3(6)1-2-4(7)8/h1-2,4-11,18,20H,3,12-17H2;1-2H,(H,5,6)(H,7,8). The fourth-order valence-electron chi connectivity index (χ4n) is 5.11. The molecular formula is C32H30F4N2O5S. The zero-order valence-electron chi connectivity index (χ0n) is 23.5. The van der Waals surface area contributed by atoms with Gasteiger partial charge in [-0.25, -0.2) is 14.0 Å². The average Bonchev–Trinajstić information content (AvgIpc) is 2.99. The van der Waals surface area contributed by atoms with Crippen LogP contribution in [0.2, 0.25) is 0 Å². The summed E-state index contributed by atoms with van der Waals surface area (Å²) in [6, 6.07) is 17.5. The van der Waals surface area contributed by atoms with Crippen LogP contribution in [0.15, 0.2) is 88.7 Å². The minimum absolute atomic E-state index is 0.0640. The number of fused-ring (bicyclic) bond motifs is 2. The van der Waals surface area contributed by atoms with Gasteiger partial charge in [-0.15, -0.1) is 0 Å². The number of aliphatic carboxylic acids is 2. The molecule has 0 bridgehead atoms. The Morgan fingerprint density at radius 3 is 2.07 bits per heavy atom. The van der Waals surface area contributed by atoms with E-state index in [0.29, 0.717) is 29.9 Å². The molecule has 0 aromatic heterocycles. The first-order chi connectivity index (χ1) is 20.9. The first-order valence-electron chi connectivity index (χ1n) is 13.8. The predicted octanol–water partition coefficient (Wildman–Crippen LogP) is 7.14. The zero-order valence-corrected chi connectivity index (χ0v) is 24.3. The number of ketones is 1. The number of hydrogen-bond donors (Lipinski definition) is 2. The molecule has 1 saturated heterocycles. The summed E-state index contributed by atoms with van der Waals surface area (Å²) in [4.78, 5) is 38.0. The van der Waals surface area contributed by atoms with E-state index in [0.717, 1.165) is 60.4 Å². The number of carbonyl (C=O) groups is 3. The van der Waals surface area contributed by atoms with Gasteiger partial charge in [0.25, 0.3) is 0 Å². The van der Waals surface area contributed by atoms with Gasteiger partial charge in [-0.05, 0) is 93.5 Å². The Bertz CT molecular complexity index is 1500. The molecule has 0 unspecified atom stereocenters. The lowest BCUT2D eigenvalue weighted by Crippen LogP contribution is -2.38. The highest BCUT2D eigenvalue weighted by Crippen LogP contribution is 2.49. The van der Waals surface area contributed by atoms with Crippen molar-refractivity contribution in [2.45, 2.75) is 35.2 Å². The molecule has 2 aliphatic rings. The summed E-state index contributed by atoms with van der Waals surface area (Å²) in [5.41, 5.74) is 1.43. The molecule has 3 aromatic rings. The normalized spacial score (nSPS) is 15.2. The Morgan fingerprint density at radius 2 is 1.45 bits per heavy atom. The van der Waals surface area contributed by atoms with Gasteiger partial charge in [-0.3, -0.25) is 4.79 Å². The molecule has 232 valence electrons. The molecule has 0 saturated carbocycles. The summed E-state index contributed by atoms with van der Waals surface area (Å²) in [6.07, 6.45) is -0.998. The van der Waals surface area contributed by atoms with E-state index in [2.05, 4.69) is 4.90 Å². The number of alkyl halides is 3. The monoisotopic (exact) mass is 630 g/mol. The van der Waals surface area contributed by atoms with Crippen LogP contribution in [0.3, 0.4) is 0 Å². The van der Waals surface area contributed by atoms with Crippen LogP contribution in [0.25, 0.3) is 0 Å². The smallest absolute Gasteiger partial charge is 0.416 e. The van der Waals surface area contributed by atoms with Crippen LogP contribution >= 0.6 is 11.8 Å². The molecule has 2 aliphatic heterocycles. The van der Waals surface area contributed by atoms with Crippen molar-refractivity contribution >= 4 is 40.9 Å². The van der Waals surface area contributed by atoms with Crippen molar-refractivity contribution < 1.29 is 42.2 Å². The number of anilines is 2. The minimum Gasteiger partial charge on any atom is -0.478 e. The number of carboxylic acids is 2. The van der Waals surface area contributed by atoms with Crippen LogP contribution in [0.5, 0.6) is 0 Å². The van der Waals surface area contributed by atoms with Crippen molar-refractivity contribution in [3.05, 3.63) is 95.8 Å². The van der Waals surface area contributed by atoms with E-state index in [1.165, 1.54) is 30.0 Å². The lowest BCUT2D eigenvalue weighted by atomic mass is 9.89. The number of carbonyl (C=O) groups excluding carboxylic acids is 1. The van der Waals surface area contributed by atoms with Gasteiger partial charge in [0, 0.05) is 40.0 Å². The lowest BCUT2D eigenvalue weighted by molar-refractivity contribution is -0.137. The number of benzene rings is 3. The summed E-state index contributed by atoms with van der Waals surface area (Å²) < 4.78 is 53.4. The summed E-state index contributed by atoms with van der Waals surface area (Å²) in [5.74, 6) is -2.87. The van der Waals surface area contributed by atoms with E-state index in [-0.39, 0.29) is 17.5 Å². The lowest BCUT2D eigenvalue weighted by Gasteiger charge is -2.35. The van der Waals surface area contributed by atoms with Gasteiger partial charge >= 0.3 is 18.1 Å². The van der Waals surface area contributed by atoms with Crippen molar-refractivity contribution in [3.63, 3.8) is 0 Å². The van der Waals surface area contributed by atoms with Gasteiger partial charge in [0.05, 0.1) is 16.9 Å². The van der Waals surface area contributed by atoms with E-state index in [9.17, 15) is 31.9 Å². The van der Waals surface area contributed by atoms with Crippen molar-refractivity contribution in [1.82, 2.24) is 4.90 Å². The maximum Gasteiger partial charge on any atom is 0.416 e. The Hall–Kier alpha value is -4.16. The molecule has 3 aromatic carbocycles. The Balaban J connectivity index is 0.000000488. The third kappa shape index (κ3) is 8.70. The maximum absolute atomic E-state index is 13.4. The third-order valence-corrected chi connectivity index (χ3v) is 8.39. The van der Waals surface area contributed by atoms with Crippen molar-refractivity contribution in [2.75, 3.05) is 31.1 Å². The highest BCUT2D eigenvalue weighted by atomic mass is 32.2. The molecule has 1 fully saturated rings. The van der Waals surface area contributed by atoms with E-state index in [1.807, 2.05) is 29.2 Å². The van der Waals surface area contributed by atoms with Crippen LogP contribution < -0.4 is 4.90 Å². The van der Waals surface area contributed by atoms with Gasteiger partial charge in [0.1, 0.15) is 5.82 Å². The Labute approximate surface area is 255 Å². The summed E-state index contributed by atoms with van der Waals surface area (Å²) in [6.45, 7) is 2.98. The Kier molecular flexibility index (Phi) is 10.8. The largest absolute Gasteiger partial charge is 0.478 e. The molecule has 44 heavy (non-hydrogen) atoms. The molecule has 0 aliphatic carbocycles. The van der Waals surface area contributed by atoms with E-state index in [1.54, 1.807) is 18.2 Å². The van der Waals surface area contributed by atoms with Crippen LogP contribution in [0, 0.1) is 11.7 Å². The molecule has 7 nitrogen and oxygen atoms in total.